The van der Waals surface area contributed by atoms with Gasteiger partial charge in [-0.15, -0.1) is 11.8 Å². The minimum atomic E-state index is 0.430. The number of rotatable bonds is 1. The number of nitrogen functional groups attached to an aromatic ring is 1. The molecule has 1 aromatic rings. The fourth-order valence-corrected chi connectivity index (χ4v) is 4.70. The molecule has 1 aliphatic rings. The molecule has 2 heterocycles. The summed E-state index contributed by atoms with van der Waals surface area (Å²) in [6, 6.07) is 0. The molecule has 3 unspecified atom stereocenters. The molecule has 2 rings (SSSR count). The van der Waals surface area contributed by atoms with Crippen molar-refractivity contribution in [3.63, 3.8) is 0 Å². The first-order valence-electron chi connectivity index (χ1n) is 4.53. The number of hydrogen-bond donors (Lipinski definition) is 1. The summed E-state index contributed by atoms with van der Waals surface area (Å²) >= 11 is 5.26. The Morgan fingerprint density at radius 3 is 2.71 bits per heavy atom. The van der Waals surface area contributed by atoms with Crippen molar-refractivity contribution < 1.29 is 0 Å². The minimum absolute atomic E-state index is 0.430. The number of nitrogens with two attached hydrogens (primary N) is 1. The third-order valence-electron chi connectivity index (χ3n) is 2.30. The van der Waals surface area contributed by atoms with Crippen molar-refractivity contribution in [2.75, 3.05) is 11.5 Å². The van der Waals surface area contributed by atoms with E-state index in [9.17, 15) is 0 Å². The summed E-state index contributed by atoms with van der Waals surface area (Å²) in [5.41, 5.74) is 5.58. The van der Waals surface area contributed by atoms with Crippen LogP contribution in [0.25, 0.3) is 0 Å². The minimum Gasteiger partial charge on any atom is -0.374 e. The van der Waals surface area contributed by atoms with Gasteiger partial charge >= 0.3 is 0 Å². The van der Waals surface area contributed by atoms with Gasteiger partial charge in [-0.3, -0.25) is 0 Å². The zero-order chi connectivity index (χ0) is 10.1. The molecular weight excluding hydrogens is 234 g/mol. The summed E-state index contributed by atoms with van der Waals surface area (Å²) in [5, 5.41) is 2.41. The number of aromatic nitrogens is 2. The first-order chi connectivity index (χ1) is 6.66. The molecule has 0 amide bonds. The first kappa shape index (κ1) is 10.6. The smallest absolute Gasteiger partial charge is 0.199 e. The van der Waals surface area contributed by atoms with Gasteiger partial charge < -0.3 is 5.73 Å². The quantitative estimate of drug-likeness (QED) is 0.826. The summed E-state index contributed by atoms with van der Waals surface area (Å²) < 4.78 is 4.27. The Bertz CT molecular complexity index is 315. The number of anilines is 1. The summed E-state index contributed by atoms with van der Waals surface area (Å²) in [6.45, 7) is 4.55. The van der Waals surface area contributed by atoms with Crippen molar-refractivity contribution in [3.05, 3.63) is 5.82 Å². The van der Waals surface area contributed by atoms with Gasteiger partial charge in [0.05, 0.1) is 5.25 Å². The van der Waals surface area contributed by atoms with E-state index in [1.807, 2.05) is 23.5 Å². The summed E-state index contributed by atoms with van der Waals surface area (Å²) in [5.74, 6) is 2.02. The molecule has 3 nitrogen and oxygen atoms in total. The Kier molecular flexibility index (Phi) is 3.23. The Morgan fingerprint density at radius 2 is 2.14 bits per heavy atom. The summed E-state index contributed by atoms with van der Waals surface area (Å²) in [6.07, 6.45) is 0. The lowest BCUT2D eigenvalue weighted by Gasteiger charge is -2.29. The molecule has 0 radical (unpaired) electrons. The van der Waals surface area contributed by atoms with Crippen LogP contribution in [0.3, 0.4) is 0 Å². The van der Waals surface area contributed by atoms with E-state index in [-0.39, 0.29) is 0 Å². The van der Waals surface area contributed by atoms with E-state index in [2.05, 4.69) is 23.2 Å². The zero-order valence-electron chi connectivity index (χ0n) is 8.14. The molecule has 1 aliphatic heterocycles. The largest absolute Gasteiger partial charge is 0.374 e. The molecule has 2 N–H and O–H groups in total. The molecule has 3 atom stereocenters. The van der Waals surface area contributed by atoms with Crippen molar-refractivity contribution in [1.82, 2.24) is 9.36 Å². The lowest BCUT2D eigenvalue weighted by molar-refractivity contribution is 0.875. The molecule has 0 aliphatic carbocycles. The van der Waals surface area contributed by atoms with Gasteiger partial charge in [0.2, 0.25) is 0 Å². The first-order valence-corrected chi connectivity index (χ1v) is 7.29. The fraction of sp³-hybridized carbons (Fsp3) is 0.750. The second-order valence-electron chi connectivity index (χ2n) is 3.36. The fourth-order valence-electron chi connectivity index (χ4n) is 1.30. The molecular formula is C8H13N3S3. The van der Waals surface area contributed by atoms with Gasteiger partial charge in [0, 0.05) is 27.8 Å². The molecule has 0 aromatic carbocycles. The van der Waals surface area contributed by atoms with E-state index in [1.54, 1.807) is 0 Å². The Morgan fingerprint density at radius 1 is 1.36 bits per heavy atom. The van der Waals surface area contributed by atoms with Crippen molar-refractivity contribution in [2.24, 2.45) is 0 Å². The molecule has 78 valence electrons. The lowest BCUT2D eigenvalue weighted by Crippen LogP contribution is -2.22. The van der Waals surface area contributed by atoms with Gasteiger partial charge in [-0.1, -0.05) is 13.8 Å². The summed E-state index contributed by atoms with van der Waals surface area (Å²) in [7, 11) is 0. The zero-order valence-corrected chi connectivity index (χ0v) is 10.6. The molecule has 14 heavy (non-hydrogen) atoms. The van der Waals surface area contributed by atoms with E-state index < -0.39 is 0 Å². The maximum absolute atomic E-state index is 5.58. The highest BCUT2D eigenvalue weighted by atomic mass is 32.2. The van der Waals surface area contributed by atoms with E-state index in [1.165, 1.54) is 11.5 Å². The molecule has 0 bridgehead atoms. The van der Waals surface area contributed by atoms with Gasteiger partial charge in [0.25, 0.3) is 0 Å². The highest BCUT2D eigenvalue weighted by molar-refractivity contribution is 8.07. The molecule has 0 spiro atoms. The van der Waals surface area contributed by atoms with Gasteiger partial charge in [-0.05, 0) is 0 Å². The Balaban J connectivity index is 2.06. The van der Waals surface area contributed by atoms with Crippen LogP contribution in [0.1, 0.15) is 24.9 Å². The molecule has 1 fully saturated rings. The van der Waals surface area contributed by atoms with Gasteiger partial charge in [0.1, 0.15) is 0 Å². The SMILES string of the molecule is CC1SCC(c2nsc(N)n2)SC1C. The average Bonchev–Trinajstić information content (AvgIpc) is 2.57. The third kappa shape index (κ3) is 2.17. The Labute approximate surface area is 96.4 Å². The van der Waals surface area contributed by atoms with Crippen LogP contribution < -0.4 is 5.73 Å². The van der Waals surface area contributed by atoms with Crippen molar-refractivity contribution >= 4 is 40.2 Å². The second-order valence-corrected chi connectivity index (χ2v) is 7.14. The summed E-state index contributed by atoms with van der Waals surface area (Å²) in [4.78, 5) is 4.24. The van der Waals surface area contributed by atoms with Crippen LogP contribution in [0, 0.1) is 0 Å². The van der Waals surface area contributed by atoms with E-state index in [4.69, 9.17) is 5.73 Å². The normalized spacial score (nSPS) is 33.1. The Hall–Kier alpha value is 0.0600. The average molecular weight is 247 g/mol. The predicted molar refractivity (Wildman–Crippen MR) is 66.0 cm³/mol. The lowest BCUT2D eigenvalue weighted by atomic mass is 10.3. The molecule has 6 heteroatoms. The second kappa shape index (κ2) is 4.28. The molecule has 1 saturated heterocycles. The standard InChI is InChI=1S/C8H13N3S3/c1-4-5(2)13-6(3-12-4)7-10-8(9)14-11-7/h4-6H,3H2,1-2H3,(H2,9,10,11). The number of hydrogen-bond acceptors (Lipinski definition) is 6. The van der Waals surface area contributed by atoms with E-state index >= 15 is 0 Å². The van der Waals surface area contributed by atoms with Gasteiger partial charge in [-0.2, -0.15) is 16.1 Å². The van der Waals surface area contributed by atoms with Gasteiger partial charge in [-0.25, -0.2) is 4.98 Å². The van der Waals surface area contributed by atoms with Crippen LogP contribution in [0.2, 0.25) is 0 Å². The highest BCUT2D eigenvalue weighted by Crippen LogP contribution is 2.43. The van der Waals surface area contributed by atoms with E-state index in [0.29, 0.717) is 15.6 Å². The van der Waals surface area contributed by atoms with Crippen LogP contribution in [-0.2, 0) is 0 Å². The maximum atomic E-state index is 5.58. The van der Waals surface area contributed by atoms with Crippen LogP contribution >= 0.6 is 35.1 Å². The molecule has 1 aromatic heterocycles. The van der Waals surface area contributed by atoms with Gasteiger partial charge in [0.15, 0.2) is 11.0 Å². The number of nitrogens with zero attached hydrogens (tertiary/aromatic N) is 2. The number of thioether (sulfide) groups is 2. The van der Waals surface area contributed by atoms with Crippen molar-refractivity contribution in [2.45, 2.75) is 29.6 Å². The van der Waals surface area contributed by atoms with Crippen molar-refractivity contribution in [3.8, 4) is 0 Å². The topological polar surface area (TPSA) is 51.8 Å². The highest BCUT2D eigenvalue weighted by Gasteiger charge is 2.28. The maximum Gasteiger partial charge on any atom is 0.199 e. The van der Waals surface area contributed by atoms with Crippen LogP contribution in [0.4, 0.5) is 5.13 Å². The predicted octanol–water partition coefficient (Wildman–Crippen LogP) is 2.42. The van der Waals surface area contributed by atoms with Crippen LogP contribution in [-0.4, -0.2) is 25.6 Å². The van der Waals surface area contributed by atoms with Crippen LogP contribution in [0.5, 0.6) is 0 Å². The third-order valence-corrected chi connectivity index (χ3v) is 6.24. The monoisotopic (exact) mass is 247 g/mol. The molecule has 0 saturated carbocycles. The van der Waals surface area contributed by atoms with Crippen LogP contribution in [0.15, 0.2) is 0 Å². The van der Waals surface area contributed by atoms with E-state index in [0.717, 1.165) is 16.8 Å². The van der Waals surface area contributed by atoms with Crippen molar-refractivity contribution in [1.29, 1.82) is 0 Å².